The van der Waals surface area contributed by atoms with Crippen molar-refractivity contribution in [2.24, 2.45) is 0 Å². The monoisotopic (exact) mass is 297 g/mol. The molecule has 1 N–H and O–H groups in total. The number of carboxylic acids is 1. The topological polar surface area (TPSA) is 66.8 Å². The van der Waals surface area contributed by atoms with Crippen molar-refractivity contribution in [1.29, 1.82) is 0 Å². The van der Waals surface area contributed by atoms with Gasteiger partial charge in [-0.3, -0.25) is 9.59 Å². The van der Waals surface area contributed by atoms with Gasteiger partial charge in [0, 0.05) is 18.0 Å². The lowest BCUT2D eigenvalue weighted by atomic mass is 10.2. The summed E-state index contributed by atoms with van der Waals surface area (Å²) in [6.45, 7) is 5.36. The summed E-state index contributed by atoms with van der Waals surface area (Å²) in [7, 11) is 0. The van der Waals surface area contributed by atoms with Crippen LogP contribution in [-0.4, -0.2) is 47.7 Å². The van der Waals surface area contributed by atoms with Crippen LogP contribution in [0.2, 0.25) is 0 Å². The molecule has 5 nitrogen and oxygen atoms in total. The SMILES string of the molecule is CCc1sc(C(=O)N2CCOC(CC(=O)O)C2)cc1C. The molecule has 1 saturated heterocycles. The van der Waals surface area contributed by atoms with E-state index in [0.29, 0.717) is 19.7 Å². The molecule has 20 heavy (non-hydrogen) atoms. The highest BCUT2D eigenvalue weighted by Gasteiger charge is 2.27. The van der Waals surface area contributed by atoms with Crippen LogP contribution < -0.4 is 0 Å². The van der Waals surface area contributed by atoms with Crippen molar-refractivity contribution in [2.45, 2.75) is 32.8 Å². The second kappa shape index (κ2) is 6.37. The van der Waals surface area contributed by atoms with Crippen LogP contribution in [0.5, 0.6) is 0 Å². The van der Waals surface area contributed by atoms with Crippen LogP contribution in [0.3, 0.4) is 0 Å². The van der Waals surface area contributed by atoms with E-state index in [9.17, 15) is 9.59 Å². The molecule has 110 valence electrons. The number of morpholine rings is 1. The molecule has 2 rings (SSSR count). The summed E-state index contributed by atoms with van der Waals surface area (Å²) in [5.74, 6) is -0.916. The highest BCUT2D eigenvalue weighted by atomic mass is 32.1. The van der Waals surface area contributed by atoms with Crippen molar-refractivity contribution in [2.75, 3.05) is 19.7 Å². The van der Waals surface area contributed by atoms with E-state index in [1.807, 2.05) is 13.0 Å². The molecule has 1 aromatic heterocycles. The molecule has 2 heterocycles. The van der Waals surface area contributed by atoms with Crippen LogP contribution in [0.25, 0.3) is 0 Å². The molecule has 1 aliphatic heterocycles. The van der Waals surface area contributed by atoms with E-state index in [4.69, 9.17) is 9.84 Å². The number of carbonyl (C=O) groups is 2. The Hall–Kier alpha value is -1.40. The maximum Gasteiger partial charge on any atom is 0.306 e. The Labute approximate surface area is 122 Å². The Bertz CT molecular complexity index is 511. The lowest BCUT2D eigenvalue weighted by molar-refractivity contribution is -0.141. The predicted molar refractivity (Wildman–Crippen MR) is 76.3 cm³/mol. The summed E-state index contributed by atoms with van der Waals surface area (Å²) in [6, 6.07) is 1.92. The van der Waals surface area contributed by atoms with E-state index in [1.54, 1.807) is 4.90 Å². The Kier molecular flexibility index (Phi) is 4.77. The van der Waals surface area contributed by atoms with Crippen molar-refractivity contribution in [3.63, 3.8) is 0 Å². The fraction of sp³-hybridized carbons (Fsp3) is 0.571. The molecule has 0 spiro atoms. The zero-order valence-corrected chi connectivity index (χ0v) is 12.5. The molecule has 0 radical (unpaired) electrons. The van der Waals surface area contributed by atoms with Crippen LogP contribution in [0, 0.1) is 6.92 Å². The summed E-state index contributed by atoms with van der Waals surface area (Å²) in [6.07, 6.45) is 0.457. The molecule has 1 aliphatic rings. The Morgan fingerprint density at radius 3 is 2.90 bits per heavy atom. The second-order valence-electron chi connectivity index (χ2n) is 4.91. The number of ether oxygens (including phenoxy) is 1. The number of hydrogen-bond acceptors (Lipinski definition) is 4. The number of amides is 1. The highest BCUT2D eigenvalue weighted by molar-refractivity contribution is 7.14. The number of aryl methyl sites for hydroxylation is 2. The number of carbonyl (C=O) groups excluding carboxylic acids is 1. The second-order valence-corrected chi connectivity index (χ2v) is 6.05. The fourth-order valence-electron chi connectivity index (χ4n) is 2.35. The average Bonchev–Trinajstić information content (AvgIpc) is 2.78. The van der Waals surface area contributed by atoms with E-state index < -0.39 is 12.1 Å². The molecule has 1 aromatic rings. The molecule has 6 heteroatoms. The van der Waals surface area contributed by atoms with Gasteiger partial charge < -0.3 is 14.7 Å². The normalized spacial score (nSPS) is 19.1. The molecule has 1 unspecified atom stereocenters. The van der Waals surface area contributed by atoms with Crippen LogP contribution in [0.1, 0.15) is 33.5 Å². The van der Waals surface area contributed by atoms with Gasteiger partial charge in [-0.25, -0.2) is 0 Å². The Balaban J connectivity index is 2.06. The van der Waals surface area contributed by atoms with Gasteiger partial charge in [-0.1, -0.05) is 6.92 Å². The summed E-state index contributed by atoms with van der Waals surface area (Å²) in [4.78, 5) is 26.8. The molecular weight excluding hydrogens is 278 g/mol. The zero-order valence-electron chi connectivity index (χ0n) is 11.7. The number of nitrogens with zero attached hydrogens (tertiary/aromatic N) is 1. The first-order valence-electron chi connectivity index (χ1n) is 6.73. The van der Waals surface area contributed by atoms with Crippen LogP contribution in [0.4, 0.5) is 0 Å². The fourth-order valence-corrected chi connectivity index (χ4v) is 3.44. The standard InChI is InChI=1S/C14H19NO4S/c1-3-11-9(2)6-12(20-11)14(18)15-4-5-19-10(8-15)7-13(16)17/h6,10H,3-5,7-8H2,1-2H3,(H,16,17). The van der Waals surface area contributed by atoms with Gasteiger partial charge in [-0.05, 0) is 25.0 Å². The van der Waals surface area contributed by atoms with Crippen LogP contribution in [-0.2, 0) is 16.0 Å². The smallest absolute Gasteiger partial charge is 0.306 e. The predicted octanol–water partition coefficient (Wildman–Crippen LogP) is 1.93. The average molecular weight is 297 g/mol. The summed E-state index contributed by atoms with van der Waals surface area (Å²) >= 11 is 1.53. The van der Waals surface area contributed by atoms with Gasteiger partial charge in [0.25, 0.3) is 5.91 Å². The van der Waals surface area contributed by atoms with Crippen LogP contribution in [0.15, 0.2) is 6.07 Å². The van der Waals surface area contributed by atoms with Gasteiger partial charge in [0.1, 0.15) is 0 Å². The molecule has 1 atom stereocenters. The molecule has 0 aromatic carbocycles. The first kappa shape index (κ1) is 15.0. The van der Waals surface area contributed by atoms with Crippen molar-refractivity contribution in [3.8, 4) is 0 Å². The first-order valence-corrected chi connectivity index (χ1v) is 7.55. The maximum atomic E-state index is 12.4. The van der Waals surface area contributed by atoms with Gasteiger partial charge in [-0.15, -0.1) is 11.3 Å². The summed E-state index contributed by atoms with van der Waals surface area (Å²) in [5, 5.41) is 8.80. The lowest BCUT2D eigenvalue weighted by Crippen LogP contribution is -2.46. The van der Waals surface area contributed by atoms with E-state index in [0.717, 1.165) is 16.9 Å². The minimum Gasteiger partial charge on any atom is -0.481 e. The van der Waals surface area contributed by atoms with E-state index >= 15 is 0 Å². The number of hydrogen-bond donors (Lipinski definition) is 1. The molecule has 1 fully saturated rings. The van der Waals surface area contributed by atoms with Gasteiger partial charge >= 0.3 is 5.97 Å². The number of carboxylic acid groups (broad SMARTS) is 1. The van der Waals surface area contributed by atoms with Crippen molar-refractivity contribution in [3.05, 3.63) is 21.4 Å². The third-order valence-corrected chi connectivity index (χ3v) is 4.75. The maximum absolute atomic E-state index is 12.4. The van der Waals surface area contributed by atoms with Gasteiger partial charge in [-0.2, -0.15) is 0 Å². The number of thiophene rings is 1. The third-order valence-electron chi connectivity index (χ3n) is 3.38. The Morgan fingerprint density at radius 2 is 2.30 bits per heavy atom. The zero-order chi connectivity index (χ0) is 14.7. The Morgan fingerprint density at radius 1 is 1.55 bits per heavy atom. The lowest BCUT2D eigenvalue weighted by Gasteiger charge is -2.32. The van der Waals surface area contributed by atoms with Crippen molar-refractivity contribution < 1.29 is 19.4 Å². The molecule has 0 saturated carbocycles. The highest BCUT2D eigenvalue weighted by Crippen LogP contribution is 2.24. The third kappa shape index (κ3) is 3.37. The molecule has 1 amide bonds. The van der Waals surface area contributed by atoms with E-state index in [-0.39, 0.29) is 12.3 Å². The largest absolute Gasteiger partial charge is 0.481 e. The van der Waals surface area contributed by atoms with E-state index in [1.165, 1.54) is 16.2 Å². The number of aliphatic carboxylic acids is 1. The van der Waals surface area contributed by atoms with E-state index in [2.05, 4.69) is 6.92 Å². The summed E-state index contributed by atoms with van der Waals surface area (Å²) in [5.41, 5.74) is 1.15. The number of rotatable bonds is 4. The minimum atomic E-state index is -0.899. The van der Waals surface area contributed by atoms with Gasteiger partial charge in [0.15, 0.2) is 0 Å². The summed E-state index contributed by atoms with van der Waals surface area (Å²) < 4.78 is 5.38. The molecule has 0 bridgehead atoms. The first-order chi connectivity index (χ1) is 9.51. The molecule has 0 aliphatic carbocycles. The van der Waals surface area contributed by atoms with Crippen LogP contribution >= 0.6 is 11.3 Å². The van der Waals surface area contributed by atoms with Crippen molar-refractivity contribution in [1.82, 2.24) is 4.90 Å². The molecular formula is C14H19NO4S. The van der Waals surface area contributed by atoms with Gasteiger partial charge in [0.05, 0.1) is 24.0 Å². The minimum absolute atomic E-state index is 0.0171. The van der Waals surface area contributed by atoms with Crippen molar-refractivity contribution >= 4 is 23.2 Å². The van der Waals surface area contributed by atoms with Gasteiger partial charge in [0.2, 0.25) is 0 Å². The quantitative estimate of drug-likeness (QED) is 0.922.